The van der Waals surface area contributed by atoms with Crippen LogP contribution in [0.1, 0.15) is 61.4 Å². The SMILES string of the molecule is CC(NC(=O)/C(C#N)=C\NCc1ccc(C(=O)O)cc1)C12CC3CC(CC(C3)C1)C2. The number of carbonyl (C=O) groups excluding carboxylic acids is 1. The molecule has 4 saturated carbocycles. The van der Waals surface area contributed by atoms with Crippen molar-refractivity contribution in [3.8, 4) is 6.07 Å². The maximum atomic E-state index is 12.7. The molecule has 0 radical (unpaired) electrons. The Morgan fingerprint density at radius 2 is 1.73 bits per heavy atom. The number of hydrogen-bond donors (Lipinski definition) is 3. The highest BCUT2D eigenvalue weighted by Crippen LogP contribution is 2.61. The molecule has 30 heavy (non-hydrogen) atoms. The molecule has 4 aliphatic rings. The number of hydrogen-bond acceptors (Lipinski definition) is 4. The summed E-state index contributed by atoms with van der Waals surface area (Å²) in [4.78, 5) is 23.6. The summed E-state index contributed by atoms with van der Waals surface area (Å²) in [6, 6.07) is 8.57. The van der Waals surface area contributed by atoms with Gasteiger partial charge in [-0.25, -0.2) is 4.79 Å². The number of carboxylic acid groups (broad SMARTS) is 1. The Kier molecular flexibility index (Phi) is 5.55. The molecular weight excluding hydrogens is 378 g/mol. The average molecular weight is 408 g/mol. The topological polar surface area (TPSA) is 102 Å². The van der Waals surface area contributed by atoms with E-state index >= 15 is 0 Å². The molecule has 0 heterocycles. The summed E-state index contributed by atoms with van der Waals surface area (Å²) in [5.74, 6) is 1.16. The van der Waals surface area contributed by atoms with Crippen LogP contribution in [0.5, 0.6) is 0 Å². The van der Waals surface area contributed by atoms with Crippen molar-refractivity contribution >= 4 is 11.9 Å². The van der Waals surface area contributed by atoms with Crippen LogP contribution in [0, 0.1) is 34.5 Å². The minimum Gasteiger partial charge on any atom is -0.478 e. The van der Waals surface area contributed by atoms with E-state index in [-0.39, 0.29) is 28.5 Å². The van der Waals surface area contributed by atoms with Gasteiger partial charge in [0, 0.05) is 18.8 Å². The van der Waals surface area contributed by atoms with Gasteiger partial charge in [-0.1, -0.05) is 12.1 Å². The summed E-state index contributed by atoms with van der Waals surface area (Å²) in [5, 5.41) is 24.5. The fourth-order valence-corrected chi connectivity index (χ4v) is 6.32. The number of amides is 1. The quantitative estimate of drug-likeness (QED) is 0.473. The van der Waals surface area contributed by atoms with Crippen molar-refractivity contribution in [2.45, 2.75) is 58.0 Å². The predicted molar refractivity (Wildman–Crippen MR) is 112 cm³/mol. The van der Waals surface area contributed by atoms with E-state index in [1.165, 1.54) is 56.9 Å². The van der Waals surface area contributed by atoms with Crippen LogP contribution < -0.4 is 10.6 Å². The van der Waals surface area contributed by atoms with E-state index in [0.29, 0.717) is 6.54 Å². The van der Waals surface area contributed by atoms with Crippen LogP contribution in [-0.4, -0.2) is 23.0 Å². The van der Waals surface area contributed by atoms with E-state index < -0.39 is 5.97 Å². The second-order valence-corrected chi connectivity index (χ2v) is 9.53. The molecule has 0 saturated heterocycles. The number of nitriles is 1. The largest absolute Gasteiger partial charge is 0.478 e. The molecule has 1 aromatic carbocycles. The van der Waals surface area contributed by atoms with Gasteiger partial charge in [-0.15, -0.1) is 0 Å². The molecule has 0 aliphatic heterocycles. The van der Waals surface area contributed by atoms with Gasteiger partial charge in [-0.2, -0.15) is 5.26 Å². The molecule has 1 amide bonds. The van der Waals surface area contributed by atoms with Crippen LogP contribution in [0.4, 0.5) is 0 Å². The highest BCUT2D eigenvalue weighted by molar-refractivity contribution is 5.97. The van der Waals surface area contributed by atoms with Gasteiger partial charge in [0.25, 0.3) is 5.91 Å². The summed E-state index contributed by atoms with van der Waals surface area (Å²) in [6.45, 7) is 2.51. The van der Waals surface area contributed by atoms with Crippen LogP contribution in [-0.2, 0) is 11.3 Å². The number of aromatic carboxylic acids is 1. The first-order valence-corrected chi connectivity index (χ1v) is 10.9. The lowest BCUT2D eigenvalue weighted by Crippen LogP contribution is -2.56. The normalized spacial score (nSPS) is 30.4. The number of nitrogens with zero attached hydrogens (tertiary/aromatic N) is 1. The third-order valence-corrected chi connectivity index (χ3v) is 7.47. The summed E-state index contributed by atoms with van der Waals surface area (Å²) in [5.41, 5.74) is 1.36. The van der Waals surface area contributed by atoms with Gasteiger partial charge in [0.1, 0.15) is 11.6 Å². The Bertz CT molecular complexity index is 862. The molecule has 0 aromatic heterocycles. The average Bonchev–Trinajstić information content (AvgIpc) is 2.70. The van der Waals surface area contributed by atoms with Crippen LogP contribution in [0.2, 0.25) is 0 Å². The molecule has 6 heteroatoms. The first-order chi connectivity index (χ1) is 14.4. The van der Waals surface area contributed by atoms with E-state index in [1.807, 2.05) is 6.07 Å². The van der Waals surface area contributed by atoms with Gasteiger partial charge in [0.15, 0.2) is 0 Å². The smallest absolute Gasteiger partial charge is 0.335 e. The van der Waals surface area contributed by atoms with Crippen LogP contribution in [0.25, 0.3) is 0 Å². The molecule has 5 rings (SSSR count). The molecule has 4 bridgehead atoms. The number of rotatable bonds is 7. The van der Waals surface area contributed by atoms with Crippen molar-refractivity contribution in [2.24, 2.45) is 23.2 Å². The van der Waals surface area contributed by atoms with E-state index in [2.05, 4.69) is 17.6 Å². The van der Waals surface area contributed by atoms with Crippen molar-refractivity contribution in [3.05, 3.63) is 47.2 Å². The lowest BCUT2D eigenvalue weighted by Gasteiger charge is -2.59. The van der Waals surface area contributed by atoms with E-state index in [9.17, 15) is 14.9 Å². The number of carboxylic acids is 1. The van der Waals surface area contributed by atoms with Crippen LogP contribution >= 0.6 is 0 Å². The third-order valence-electron chi connectivity index (χ3n) is 7.47. The second-order valence-electron chi connectivity index (χ2n) is 9.53. The molecule has 1 unspecified atom stereocenters. The Morgan fingerprint density at radius 1 is 1.17 bits per heavy atom. The number of nitrogens with one attached hydrogen (secondary N) is 2. The molecule has 1 aromatic rings. The summed E-state index contributed by atoms with van der Waals surface area (Å²) < 4.78 is 0. The summed E-state index contributed by atoms with van der Waals surface area (Å²) in [6.07, 6.45) is 9.15. The second kappa shape index (κ2) is 8.14. The molecule has 6 nitrogen and oxygen atoms in total. The molecule has 4 fully saturated rings. The lowest BCUT2D eigenvalue weighted by molar-refractivity contribution is -0.122. The lowest BCUT2D eigenvalue weighted by atomic mass is 9.48. The fraction of sp³-hybridized carbons (Fsp3) is 0.542. The van der Waals surface area contributed by atoms with Crippen molar-refractivity contribution in [3.63, 3.8) is 0 Å². The minimum atomic E-state index is -0.967. The van der Waals surface area contributed by atoms with Gasteiger partial charge in [0.05, 0.1) is 5.56 Å². The summed E-state index contributed by atoms with van der Waals surface area (Å²) >= 11 is 0. The van der Waals surface area contributed by atoms with Crippen molar-refractivity contribution in [1.82, 2.24) is 10.6 Å². The van der Waals surface area contributed by atoms with Crippen LogP contribution in [0.3, 0.4) is 0 Å². The van der Waals surface area contributed by atoms with Crippen molar-refractivity contribution in [1.29, 1.82) is 5.26 Å². The van der Waals surface area contributed by atoms with Gasteiger partial charge >= 0.3 is 5.97 Å². The Morgan fingerprint density at radius 3 is 2.23 bits per heavy atom. The van der Waals surface area contributed by atoms with Gasteiger partial charge in [-0.3, -0.25) is 4.79 Å². The zero-order valence-corrected chi connectivity index (χ0v) is 17.4. The van der Waals surface area contributed by atoms with E-state index in [1.54, 1.807) is 12.1 Å². The first-order valence-electron chi connectivity index (χ1n) is 10.9. The molecule has 158 valence electrons. The standard InChI is InChI=1S/C24H29N3O3/c1-15(24-9-17-6-18(10-24)8-19(7-17)11-24)27-22(28)21(12-25)14-26-13-16-2-4-20(5-3-16)23(29)30/h2-5,14-15,17-19,26H,6-11,13H2,1H3,(H,27,28)(H,29,30)/b21-14-. The summed E-state index contributed by atoms with van der Waals surface area (Å²) in [7, 11) is 0. The Labute approximate surface area is 177 Å². The van der Waals surface area contributed by atoms with Gasteiger partial charge in [0.2, 0.25) is 0 Å². The fourth-order valence-electron chi connectivity index (χ4n) is 6.32. The molecule has 4 aliphatic carbocycles. The zero-order chi connectivity index (χ0) is 21.3. The first kappa shape index (κ1) is 20.5. The third kappa shape index (κ3) is 4.07. The molecule has 3 N–H and O–H groups in total. The number of carbonyl (C=O) groups is 2. The highest BCUT2D eigenvalue weighted by atomic mass is 16.4. The maximum absolute atomic E-state index is 12.7. The van der Waals surface area contributed by atoms with E-state index in [0.717, 1.165) is 23.3 Å². The van der Waals surface area contributed by atoms with Crippen molar-refractivity contribution < 1.29 is 14.7 Å². The Hall–Kier alpha value is -2.81. The van der Waals surface area contributed by atoms with Gasteiger partial charge < -0.3 is 15.7 Å². The monoisotopic (exact) mass is 407 g/mol. The molecule has 0 spiro atoms. The molecule has 1 atom stereocenters. The minimum absolute atomic E-state index is 0.0636. The highest BCUT2D eigenvalue weighted by Gasteiger charge is 2.53. The molecular formula is C24H29N3O3. The zero-order valence-electron chi connectivity index (χ0n) is 17.4. The van der Waals surface area contributed by atoms with Gasteiger partial charge in [-0.05, 0) is 86.3 Å². The predicted octanol–water partition coefficient (Wildman–Crippen LogP) is 3.60. The van der Waals surface area contributed by atoms with Crippen molar-refractivity contribution in [2.75, 3.05) is 0 Å². The Balaban J connectivity index is 1.34. The maximum Gasteiger partial charge on any atom is 0.335 e. The number of benzene rings is 1. The van der Waals surface area contributed by atoms with E-state index in [4.69, 9.17) is 5.11 Å². The van der Waals surface area contributed by atoms with Crippen LogP contribution in [0.15, 0.2) is 36.0 Å².